The molecule has 0 saturated heterocycles. The van der Waals surface area contributed by atoms with E-state index in [0.717, 1.165) is 18.9 Å². The standard InChI is InChI=1S/3C4H9.C3H6ClO.Sn/c3*1-3-4-2;4-2-1-3-5;/h3*1,3-4H2,2H3;1-3H2;/q;;;-1;+1. The molecule has 0 aromatic rings. The first-order valence-corrected chi connectivity index (χ1v) is 15.7. The predicted octanol–water partition coefficient (Wildman–Crippen LogP) is 5.98. The van der Waals surface area contributed by atoms with Crippen LogP contribution in [-0.2, 0) is 3.07 Å². The Kier molecular flexibility index (Phi) is 13.8. The molecule has 0 heterocycles. The number of rotatable bonds is 13. The van der Waals surface area contributed by atoms with Gasteiger partial charge in [0.1, 0.15) is 0 Å². The van der Waals surface area contributed by atoms with E-state index < -0.39 is 18.8 Å². The van der Waals surface area contributed by atoms with Crippen LogP contribution in [0.2, 0.25) is 13.3 Å². The molecule has 0 fully saturated rings. The van der Waals surface area contributed by atoms with Gasteiger partial charge >= 0.3 is 125 Å². The van der Waals surface area contributed by atoms with Gasteiger partial charge in [-0.1, -0.05) is 0 Å². The topological polar surface area (TPSA) is 9.23 Å². The van der Waals surface area contributed by atoms with Crippen molar-refractivity contribution >= 4 is 30.4 Å². The zero-order valence-corrected chi connectivity index (χ0v) is 16.4. The molecule has 0 N–H and O–H groups in total. The second-order valence-corrected chi connectivity index (χ2v) is 17.6. The van der Waals surface area contributed by atoms with E-state index >= 15 is 0 Å². The van der Waals surface area contributed by atoms with Crippen molar-refractivity contribution < 1.29 is 3.07 Å². The predicted molar refractivity (Wildman–Crippen MR) is 86.2 cm³/mol. The second kappa shape index (κ2) is 13.1. The monoisotopic (exact) mass is 384 g/mol. The van der Waals surface area contributed by atoms with Crippen LogP contribution in [0.15, 0.2) is 0 Å². The van der Waals surface area contributed by atoms with E-state index in [4.69, 9.17) is 14.7 Å². The summed E-state index contributed by atoms with van der Waals surface area (Å²) in [5.41, 5.74) is 0. The number of unbranched alkanes of at least 4 members (excludes halogenated alkanes) is 3. The Morgan fingerprint density at radius 2 is 1.22 bits per heavy atom. The van der Waals surface area contributed by atoms with Crippen molar-refractivity contribution in [1.29, 1.82) is 0 Å². The third kappa shape index (κ3) is 9.03. The van der Waals surface area contributed by atoms with Crippen LogP contribution in [-0.4, -0.2) is 31.3 Å². The van der Waals surface area contributed by atoms with E-state index in [-0.39, 0.29) is 0 Å². The quantitative estimate of drug-likeness (QED) is 0.216. The first kappa shape index (κ1) is 19.0. The maximum atomic E-state index is 6.50. The minimum absolute atomic E-state index is 0.747. The van der Waals surface area contributed by atoms with Crippen molar-refractivity contribution in [2.24, 2.45) is 0 Å². The molecule has 0 radical (unpaired) electrons. The van der Waals surface area contributed by atoms with Gasteiger partial charge in [0, 0.05) is 0 Å². The van der Waals surface area contributed by atoms with Gasteiger partial charge in [-0.2, -0.15) is 0 Å². The summed E-state index contributed by atoms with van der Waals surface area (Å²) in [6, 6.07) is 0. The summed E-state index contributed by atoms with van der Waals surface area (Å²) in [5, 5.41) is 0. The Labute approximate surface area is 124 Å². The number of alkyl halides is 1. The van der Waals surface area contributed by atoms with Crippen molar-refractivity contribution in [2.75, 3.05) is 12.5 Å². The van der Waals surface area contributed by atoms with E-state index in [9.17, 15) is 0 Å². The first-order valence-electron chi connectivity index (χ1n) is 7.94. The zero-order chi connectivity index (χ0) is 13.7. The molecule has 0 bridgehead atoms. The SMILES string of the molecule is CCC[CH2][Sn]([CH2]CCC)([CH2]CCC)[O]CCCCl. The van der Waals surface area contributed by atoms with Gasteiger partial charge in [-0.25, -0.2) is 0 Å². The maximum absolute atomic E-state index is 6.50. The van der Waals surface area contributed by atoms with Crippen molar-refractivity contribution in [3.63, 3.8) is 0 Å². The molecule has 0 rings (SSSR count). The summed E-state index contributed by atoms with van der Waals surface area (Å²) >= 11 is 3.51. The number of hydrogen-bond acceptors (Lipinski definition) is 1. The van der Waals surface area contributed by atoms with Crippen LogP contribution >= 0.6 is 11.6 Å². The van der Waals surface area contributed by atoms with Gasteiger partial charge in [0.05, 0.1) is 0 Å². The molecule has 0 saturated carbocycles. The molecule has 0 aliphatic carbocycles. The Hall–Kier alpha value is 1.05. The van der Waals surface area contributed by atoms with Crippen molar-refractivity contribution in [2.45, 2.75) is 79.0 Å². The van der Waals surface area contributed by atoms with Crippen LogP contribution in [0.5, 0.6) is 0 Å². The van der Waals surface area contributed by atoms with Crippen molar-refractivity contribution in [1.82, 2.24) is 0 Å². The molecular formula is C15H33ClOSn. The van der Waals surface area contributed by atoms with Gasteiger partial charge in [0.15, 0.2) is 0 Å². The Morgan fingerprint density at radius 1 is 0.778 bits per heavy atom. The van der Waals surface area contributed by atoms with Gasteiger partial charge < -0.3 is 0 Å². The molecule has 3 heteroatoms. The minimum atomic E-state index is -2.27. The molecular weight excluding hydrogens is 350 g/mol. The molecule has 1 nitrogen and oxygen atoms in total. The summed E-state index contributed by atoms with van der Waals surface area (Å²) in [6.45, 7) is 7.83. The Morgan fingerprint density at radius 3 is 1.56 bits per heavy atom. The average molecular weight is 384 g/mol. The summed E-state index contributed by atoms with van der Waals surface area (Å²) < 4.78 is 10.8. The molecule has 0 aromatic carbocycles. The van der Waals surface area contributed by atoms with Crippen LogP contribution in [0.25, 0.3) is 0 Å². The van der Waals surface area contributed by atoms with Crippen LogP contribution in [0, 0.1) is 0 Å². The fourth-order valence-electron chi connectivity index (χ4n) is 2.43. The summed E-state index contributed by atoms with van der Waals surface area (Å²) in [5.74, 6) is 0.747. The van der Waals surface area contributed by atoms with Gasteiger partial charge in [0.2, 0.25) is 0 Å². The third-order valence-corrected chi connectivity index (χ3v) is 17.1. The molecule has 0 unspecified atom stereocenters. The van der Waals surface area contributed by atoms with E-state index in [1.165, 1.54) is 51.8 Å². The van der Waals surface area contributed by atoms with E-state index in [0.29, 0.717) is 0 Å². The van der Waals surface area contributed by atoms with Crippen LogP contribution in [0.4, 0.5) is 0 Å². The first-order chi connectivity index (χ1) is 8.74. The van der Waals surface area contributed by atoms with E-state index in [1.54, 1.807) is 0 Å². The molecule has 0 amide bonds. The number of hydrogen-bond donors (Lipinski definition) is 0. The summed E-state index contributed by atoms with van der Waals surface area (Å²) in [7, 11) is 0. The Balaban J connectivity index is 4.41. The second-order valence-electron chi connectivity index (χ2n) is 5.38. The van der Waals surface area contributed by atoms with Crippen molar-refractivity contribution in [3.05, 3.63) is 0 Å². The van der Waals surface area contributed by atoms with Crippen LogP contribution in [0.3, 0.4) is 0 Å². The van der Waals surface area contributed by atoms with Gasteiger partial charge in [-0.05, 0) is 0 Å². The van der Waals surface area contributed by atoms with Gasteiger partial charge in [-0.3, -0.25) is 0 Å². The summed E-state index contributed by atoms with van der Waals surface area (Å²) in [4.78, 5) is 0. The fourth-order valence-corrected chi connectivity index (χ4v) is 16.1. The van der Waals surface area contributed by atoms with Crippen molar-refractivity contribution in [3.8, 4) is 0 Å². The molecule has 0 atom stereocenters. The zero-order valence-electron chi connectivity index (χ0n) is 12.8. The van der Waals surface area contributed by atoms with Crippen LogP contribution in [0.1, 0.15) is 65.7 Å². The van der Waals surface area contributed by atoms with Crippen LogP contribution < -0.4 is 0 Å². The molecule has 18 heavy (non-hydrogen) atoms. The normalized spacial score (nSPS) is 12.0. The molecule has 110 valence electrons. The number of halogens is 1. The molecule has 0 aliphatic rings. The van der Waals surface area contributed by atoms with Gasteiger partial charge in [-0.15, -0.1) is 0 Å². The fraction of sp³-hybridized carbons (Fsp3) is 1.00. The van der Waals surface area contributed by atoms with Gasteiger partial charge in [0.25, 0.3) is 0 Å². The van der Waals surface area contributed by atoms with E-state index in [2.05, 4.69) is 20.8 Å². The molecule has 0 aromatic heterocycles. The average Bonchev–Trinajstić information content (AvgIpc) is 2.40. The van der Waals surface area contributed by atoms with E-state index in [1.807, 2.05) is 0 Å². The Bertz CT molecular complexity index is 154. The molecule has 0 spiro atoms. The molecule has 0 aliphatic heterocycles. The third-order valence-electron chi connectivity index (χ3n) is 3.64. The summed E-state index contributed by atoms with van der Waals surface area (Å²) in [6.07, 6.45) is 9.12.